The van der Waals surface area contributed by atoms with E-state index in [1.54, 1.807) is 24.3 Å². The predicted molar refractivity (Wildman–Crippen MR) is 96.0 cm³/mol. The largest absolute Gasteiger partial charge is 0.497 e. The number of aliphatic hydroxyl groups is 1. The number of methoxy groups -OCH3 is 1. The van der Waals surface area contributed by atoms with Crippen LogP contribution in [0.1, 0.15) is 20.8 Å². The second-order valence-corrected chi connectivity index (χ2v) is 6.28. The van der Waals surface area contributed by atoms with Crippen LogP contribution in [-0.4, -0.2) is 67.4 Å². The Balaban J connectivity index is 2.27. The van der Waals surface area contributed by atoms with Crippen LogP contribution in [0.15, 0.2) is 24.3 Å². The number of hydrogen-bond donors (Lipinski definition) is 1. The Morgan fingerprint density at radius 3 is 2.00 bits per heavy atom. The van der Waals surface area contributed by atoms with Gasteiger partial charge < -0.3 is 33.5 Å². The number of aliphatic hydroxyl groups excluding tert-OH is 1. The van der Waals surface area contributed by atoms with Gasteiger partial charge in [0, 0.05) is 20.8 Å². The highest BCUT2D eigenvalue weighted by Crippen LogP contribution is 2.29. The van der Waals surface area contributed by atoms with Crippen molar-refractivity contribution in [3.8, 4) is 11.5 Å². The summed E-state index contributed by atoms with van der Waals surface area (Å²) in [6, 6.07) is 6.48. The molecule has 1 aliphatic heterocycles. The number of hydrogen-bond acceptors (Lipinski definition) is 10. The summed E-state index contributed by atoms with van der Waals surface area (Å²) in [6.07, 6.45) is -6.33. The molecule has 1 aliphatic rings. The molecule has 10 heteroatoms. The highest BCUT2D eigenvalue weighted by Gasteiger charge is 2.50. The normalized spacial score (nSPS) is 26.2. The third-order valence-corrected chi connectivity index (χ3v) is 3.98. The predicted octanol–water partition coefficient (Wildman–Crippen LogP) is 0.586. The van der Waals surface area contributed by atoms with Gasteiger partial charge in [-0.1, -0.05) is 0 Å². The number of rotatable bonds is 7. The zero-order valence-corrected chi connectivity index (χ0v) is 16.5. The first-order valence-electron chi connectivity index (χ1n) is 8.83. The van der Waals surface area contributed by atoms with Crippen molar-refractivity contribution in [3.05, 3.63) is 24.3 Å². The fourth-order valence-electron chi connectivity index (χ4n) is 2.77. The molecular formula is C19H24O10. The minimum atomic E-state index is -1.49. The molecule has 0 radical (unpaired) electrons. The van der Waals surface area contributed by atoms with Crippen molar-refractivity contribution < 1.29 is 47.9 Å². The van der Waals surface area contributed by atoms with E-state index < -0.39 is 48.6 Å². The van der Waals surface area contributed by atoms with E-state index in [4.69, 9.17) is 28.4 Å². The summed E-state index contributed by atoms with van der Waals surface area (Å²) in [5.74, 6) is -1.03. The second-order valence-electron chi connectivity index (χ2n) is 6.28. The average molecular weight is 412 g/mol. The first kappa shape index (κ1) is 22.4. The molecule has 2 rings (SSSR count). The van der Waals surface area contributed by atoms with Crippen molar-refractivity contribution >= 4 is 17.9 Å². The van der Waals surface area contributed by atoms with Crippen LogP contribution in [0, 0.1) is 0 Å². The molecule has 0 spiro atoms. The standard InChI is InChI=1S/C19H24O10/c1-10(20)25-9-15-17(26-11(2)21)16(23)18(27-12(3)22)19(29-15)28-14-7-5-13(24-4)6-8-14/h5-8,15-19,23H,9H2,1-4H3/t15?,16-,17+,18?,19-/m1/s1. The summed E-state index contributed by atoms with van der Waals surface area (Å²) in [4.78, 5) is 34.2. The SMILES string of the molecule is COc1ccc(O[C@@H]2OC(COC(C)=O)[C@H](OC(C)=O)[C@@H](O)C2OC(C)=O)cc1. The van der Waals surface area contributed by atoms with Crippen molar-refractivity contribution in [2.45, 2.75) is 51.5 Å². The molecule has 29 heavy (non-hydrogen) atoms. The quantitative estimate of drug-likeness (QED) is 0.502. The van der Waals surface area contributed by atoms with Gasteiger partial charge in [-0.05, 0) is 24.3 Å². The summed E-state index contributed by atoms with van der Waals surface area (Å²) in [5, 5.41) is 10.7. The summed E-state index contributed by atoms with van der Waals surface area (Å²) >= 11 is 0. The third-order valence-electron chi connectivity index (χ3n) is 3.98. The van der Waals surface area contributed by atoms with Gasteiger partial charge in [0.25, 0.3) is 0 Å². The molecule has 1 aromatic carbocycles. The number of esters is 3. The molecule has 0 aliphatic carbocycles. The van der Waals surface area contributed by atoms with Crippen LogP contribution in [-0.2, 0) is 33.3 Å². The van der Waals surface area contributed by atoms with Gasteiger partial charge in [-0.2, -0.15) is 0 Å². The molecule has 0 saturated carbocycles. The molecule has 0 bridgehead atoms. The van der Waals surface area contributed by atoms with Gasteiger partial charge in [0.15, 0.2) is 12.2 Å². The number of carbonyl (C=O) groups is 3. The Morgan fingerprint density at radius 1 is 0.931 bits per heavy atom. The van der Waals surface area contributed by atoms with Crippen molar-refractivity contribution in [1.82, 2.24) is 0 Å². The molecule has 2 unspecified atom stereocenters. The van der Waals surface area contributed by atoms with Crippen molar-refractivity contribution in [2.75, 3.05) is 13.7 Å². The smallest absolute Gasteiger partial charge is 0.303 e. The molecule has 1 aromatic rings. The van der Waals surface area contributed by atoms with E-state index in [1.807, 2.05) is 0 Å². The van der Waals surface area contributed by atoms with Crippen LogP contribution >= 0.6 is 0 Å². The summed E-state index contributed by atoms with van der Waals surface area (Å²) in [5.41, 5.74) is 0. The summed E-state index contributed by atoms with van der Waals surface area (Å²) in [6.45, 7) is 3.20. The van der Waals surface area contributed by atoms with Gasteiger partial charge in [-0.3, -0.25) is 14.4 Å². The van der Waals surface area contributed by atoms with Crippen LogP contribution in [0.2, 0.25) is 0 Å². The zero-order chi connectivity index (χ0) is 21.6. The topological polar surface area (TPSA) is 127 Å². The Bertz CT molecular complexity index is 714. The summed E-state index contributed by atoms with van der Waals surface area (Å²) < 4.78 is 31.8. The molecule has 0 amide bonds. The van der Waals surface area contributed by atoms with E-state index in [0.717, 1.165) is 13.8 Å². The number of benzene rings is 1. The highest BCUT2D eigenvalue weighted by atomic mass is 16.7. The van der Waals surface area contributed by atoms with Crippen LogP contribution in [0.4, 0.5) is 0 Å². The Morgan fingerprint density at radius 2 is 1.48 bits per heavy atom. The van der Waals surface area contributed by atoms with Crippen molar-refractivity contribution in [1.29, 1.82) is 0 Å². The third kappa shape index (κ3) is 6.33. The van der Waals surface area contributed by atoms with Gasteiger partial charge in [0.1, 0.15) is 30.3 Å². The van der Waals surface area contributed by atoms with Crippen molar-refractivity contribution in [3.63, 3.8) is 0 Å². The van der Waals surface area contributed by atoms with E-state index in [1.165, 1.54) is 14.0 Å². The molecule has 5 atom stereocenters. The molecular weight excluding hydrogens is 388 g/mol. The van der Waals surface area contributed by atoms with Gasteiger partial charge in [-0.25, -0.2) is 0 Å². The zero-order valence-electron chi connectivity index (χ0n) is 16.5. The van der Waals surface area contributed by atoms with Gasteiger partial charge in [0.2, 0.25) is 6.29 Å². The highest BCUT2D eigenvalue weighted by molar-refractivity contribution is 5.67. The van der Waals surface area contributed by atoms with E-state index in [2.05, 4.69) is 0 Å². The lowest BCUT2D eigenvalue weighted by atomic mass is 9.98. The van der Waals surface area contributed by atoms with Crippen LogP contribution in [0.5, 0.6) is 11.5 Å². The lowest BCUT2D eigenvalue weighted by Gasteiger charge is -2.42. The molecule has 160 valence electrons. The van der Waals surface area contributed by atoms with E-state index >= 15 is 0 Å². The van der Waals surface area contributed by atoms with Gasteiger partial charge >= 0.3 is 17.9 Å². The average Bonchev–Trinajstić information content (AvgIpc) is 2.65. The summed E-state index contributed by atoms with van der Waals surface area (Å²) in [7, 11) is 1.52. The number of carbonyl (C=O) groups excluding carboxylic acids is 3. The Hall–Kier alpha value is -2.85. The van der Waals surface area contributed by atoms with Crippen LogP contribution in [0.25, 0.3) is 0 Å². The van der Waals surface area contributed by atoms with E-state index in [-0.39, 0.29) is 6.61 Å². The maximum atomic E-state index is 11.5. The second kappa shape index (κ2) is 10.1. The fourth-order valence-corrected chi connectivity index (χ4v) is 2.77. The first-order chi connectivity index (χ1) is 13.7. The minimum absolute atomic E-state index is 0.306. The number of ether oxygens (including phenoxy) is 6. The lowest BCUT2D eigenvalue weighted by molar-refractivity contribution is -0.285. The lowest BCUT2D eigenvalue weighted by Crippen LogP contribution is -2.62. The van der Waals surface area contributed by atoms with Gasteiger partial charge in [-0.15, -0.1) is 0 Å². The molecule has 1 fully saturated rings. The molecule has 1 saturated heterocycles. The van der Waals surface area contributed by atoms with Crippen LogP contribution in [0.3, 0.4) is 0 Å². The van der Waals surface area contributed by atoms with Gasteiger partial charge in [0.05, 0.1) is 7.11 Å². The Kier molecular flexibility index (Phi) is 7.80. The Labute approximate surface area is 167 Å². The van der Waals surface area contributed by atoms with E-state index in [0.29, 0.717) is 11.5 Å². The molecule has 0 aromatic heterocycles. The maximum absolute atomic E-state index is 11.5. The maximum Gasteiger partial charge on any atom is 0.303 e. The molecule has 10 nitrogen and oxygen atoms in total. The first-order valence-corrected chi connectivity index (χ1v) is 8.83. The molecule has 1 heterocycles. The van der Waals surface area contributed by atoms with Crippen LogP contribution < -0.4 is 9.47 Å². The molecule has 1 N–H and O–H groups in total. The van der Waals surface area contributed by atoms with Crippen molar-refractivity contribution in [2.24, 2.45) is 0 Å². The minimum Gasteiger partial charge on any atom is -0.497 e. The fraction of sp³-hybridized carbons (Fsp3) is 0.526. The monoisotopic (exact) mass is 412 g/mol. The van der Waals surface area contributed by atoms with E-state index in [9.17, 15) is 19.5 Å².